The minimum atomic E-state index is -1.32. The summed E-state index contributed by atoms with van der Waals surface area (Å²) in [5, 5.41) is 62.6. The summed E-state index contributed by atoms with van der Waals surface area (Å²) in [6.45, 7) is 3.81. The Kier molecular flexibility index (Phi) is 11.6. The van der Waals surface area contributed by atoms with Crippen molar-refractivity contribution in [2.75, 3.05) is 0 Å². The Morgan fingerprint density at radius 1 is 0.694 bits per heavy atom. The van der Waals surface area contributed by atoms with Crippen molar-refractivity contribution in [3.8, 4) is 23.0 Å². The van der Waals surface area contributed by atoms with Crippen molar-refractivity contribution in [1.82, 2.24) is 0 Å². The molecule has 0 aromatic heterocycles. The van der Waals surface area contributed by atoms with Crippen LogP contribution < -0.4 is 69.3 Å². The van der Waals surface area contributed by atoms with E-state index in [0.717, 1.165) is 23.3 Å². The second-order valence-corrected chi connectivity index (χ2v) is 7.54. The molecule has 0 unspecified atom stereocenters. The number of carboxylic acids is 2. The summed E-state index contributed by atoms with van der Waals surface area (Å²) < 4.78 is 0. The van der Waals surface area contributed by atoms with Crippen LogP contribution in [0.25, 0.3) is 21.5 Å². The summed E-state index contributed by atoms with van der Waals surface area (Å²) in [5.41, 5.74) is 0.856. The molecule has 176 valence electrons. The maximum Gasteiger partial charge on any atom is 1.00 e. The third kappa shape index (κ3) is 6.08. The van der Waals surface area contributed by atoms with E-state index in [9.17, 15) is 30.0 Å². The van der Waals surface area contributed by atoms with E-state index in [1.165, 1.54) is 12.1 Å². The van der Waals surface area contributed by atoms with Crippen molar-refractivity contribution >= 4 is 33.5 Å². The van der Waals surface area contributed by atoms with Crippen molar-refractivity contribution in [3.63, 3.8) is 0 Å². The minimum Gasteiger partial charge on any atom is -0.871 e. The van der Waals surface area contributed by atoms with Gasteiger partial charge in [0, 0.05) is 10.8 Å². The standard InChI is InChI=1S/2C13H12O4.2Na/c2*1-2-7-4-3-5-8-11(7)10(14)6-9(12(8)15)13(16)17;;/h2*3-6,14-15H,2H2,1H3,(H,16,17);;/q;;2*+1/p-2. The number of aromatic carboxylic acids is 2. The van der Waals surface area contributed by atoms with E-state index in [0.29, 0.717) is 23.6 Å². The molecule has 4 N–H and O–H groups in total. The van der Waals surface area contributed by atoms with Crippen molar-refractivity contribution in [2.24, 2.45) is 0 Å². The SMILES string of the molecule is CCc1cccc2c([O-])c(C(=O)O)cc(O)c12.CCc1cccc2c([O-])c(C(=O)O)cc(O)c12.[Na+].[Na+]. The molecule has 4 rings (SSSR count). The number of aromatic hydroxyl groups is 2. The molecule has 0 heterocycles. The summed E-state index contributed by atoms with van der Waals surface area (Å²) in [4.78, 5) is 21.7. The molecule has 0 aliphatic rings. The predicted molar refractivity (Wildman–Crippen MR) is 123 cm³/mol. The quantitative estimate of drug-likeness (QED) is 0.225. The van der Waals surface area contributed by atoms with Crippen LogP contribution in [-0.2, 0) is 12.8 Å². The van der Waals surface area contributed by atoms with Gasteiger partial charge >= 0.3 is 71.1 Å². The van der Waals surface area contributed by atoms with Crippen LogP contribution in [0.3, 0.4) is 0 Å². The van der Waals surface area contributed by atoms with Crippen LogP contribution in [0.2, 0.25) is 0 Å². The second-order valence-electron chi connectivity index (χ2n) is 7.54. The molecule has 0 spiro atoms. The van der Waals surface area contributed by atoms with Crippen LogP contribution in [0.4, 0.5) is 0 Å². The average Bonchev–Trinajstić information content (AvgIpc) is 2.82. The predicted octanol–water partition coefficient (Wildman–Crippen LogP) is -2.23. The van der Waals surface area contributed by atoms with E-state index in [4.69, 9.17) is 10.2 Å². The molecule has 10 heteroatoms. The van der Waals surface area contributed by atoms with Gasteiger partial charge in [-0.25, -0.2) is 9.59 Å². The molecule has 0 atom stereocenters. The van der Waals surface area contributed by atoms with Crippen LogP contribution in [0, 0.1) is 0 Å². The Balaban J connectivity index is 0.000000341. The zero-order valence-corrected chi connectivity index (χ0v) is 24.5. The fourth-order valence-corrected chi connectivity index (χ4v) is 3.93. The molecular weight excluding hydrogens is 486 g/mol. The number of phenols is 2. The van der Waals surface area contributed by atoms with Gasteiger partial charge in [-0.2, -0.15) is 0 Å². The topological polar surface area (TPSA) is 161 Å². The molecule has 4 aromatic carbocycles. The van der Waals surface area contributed by atoms with Gasteiger partial charge in [-0.05, 0) is 46.9 Å². The summed E-state index contributed by atoms with van der Waals surface area (Å²) in [5.74, 6) is -4.08. The summed E-state index contributed by atoms with van der Waals surface area (Å²) in [6.07, 6.45) is 1.33. The maximum absolute atomic E-state index is 11.9. The van der Waals surface area contributed by atoms with Gasteiger partial charge in [-0.3, -0.25) is 0 Å². The van der Waals surface area contributed by atoms with E-state index in [-0.39, 0.29) is 81.4 Å². The summed E-state index contributed by atoms with van der Waals surface area (Å²) >= 11 is 0. The van der Waals surface area contributed by atoms with Crippen LogP contribution in [0.1, 0.15) is 45.7 Å². The summed E-state index contributed by atoms with van der Waals surface area (Å²) in [6, 6.07) is 12.1. The van der Waals surface area contributed by atoms with Crippen molar-refractivity contribution in [1.29, 1.82) is 0 Å². The molecule has 0 aliphatic heterocycles. The number of aryl methyl sites for hydroxylation is 2. The number of benzene rings is 4. The number of rotatable bonds is 4. The smallest absolute Gasteiger partial charge is 0.871 e. The fourth-order valence-electron chi connectivity index (χ4n) is 3.93. The van der Waals surface area contributed by atoms with Crippen molar-refractivity contribution < 1.29 is 99.3 Å². The average molecular weight is 508 g/mol. The first-order chi connectivity index (χ1) is 16.1. The number of phenolic OH excluding ortho intramolecular Hbond substituents is 2. The number of hydrogen-bond acceptors (Lipinski definition) is 6. The van der Waals surface area contributed by atoms with Gasteiger partial charge in [0.1, 0.15) is 11.5 Å². The zero-order valence-electron chi connectivity index (χ0n) is 20.5. The van der Waals surface area contributed by atoms with Gasteiger partial charge in [-0.1, -0.05) is 61.7 Å². The van der Waals surface area contributed by atoms with E-state index < -0.39 is 34.6 Å². The monoisotopic (exact) mass is 508 g/mol. The first kappa shape index (κ1) is 31.6. The number of carbonyl (C=O) groups is 2. The third-order valence-corrected chi connectivity index (χ3v) is 5.58. The van der Waals surface area contributed by atoms with Gasteiger partial charge in [0.05, 0.1) is 11.1 Å². The van der Waals surface area contributed by atoms with Gasteiger partial charge < -0.3 is 30.6 Å². The first-order valence-corrected chi connectivity index (χ1v) is 10.5. The second kappa shape index (κ2) is 13.2. The van der Waals surface area contributed by atoms with E-state index in [2.05, 4.69) is 0 Å². The fraction of sp³-hybridized carbons (Fsp3) is 0.154. The Hall–Kier alpha value is -2.46. The maximum atomic E-state index is 11.9. The normalized spacial score (nSPS) is 10.1. The Bertz CT molecular complexity index is 1320. The van der Waals surface area contributed by atoms with Gasteiger partial charge in [0.25, 0.3) is 0 Å². The Morgan fingerprint density at radius 2 is 1.03 bits per heavy atom. The van der Waals surface area contributed by atoms with Crippen LogP contribution in [-0.4, -0.2) is 32.4 Å². The van der Waals surface area contributed by atoms with E-state index >= 15 is 0 Å². The van der Waals surface area contributed by atoms with Crippen LogP contribution in [0.5, 0.6) is 23.0 Å². The molecule has 0 radical (unpaired) electrons. The number of carboxylic acid groups (broad SMARTS) is 2. The van der Waals surface area contributed by atoms with Gasteiger partial charge in [-0.15, -0.1) is 0 Å². The van der Waals surface area contributed by atoms with Crippen molar-refractivity contribution in [3.05, 3.63) is 70.8 Å². The van der Waals surface area contributed by atoms with Crippen molar-refractivity contribution in [2.45, 2.75) is 26.7 Å². The largest absolute Gasteiger partial charge is 1.00 e. The Labute approximate surface area is 251 Å². The molecule has 0 fully saturated rings. The molecule has 0 saturated heterocycles. The molecule has 4 aromatic rings. The number of fused-ring (bicyclic) bond motifs is 2. The zero-order chi connectivity index (χ0) is 25.2. The molecule has 0 amide bonds. The minimum absolute atomic E-state index is 0. The molecule has 0 bridgehead atoms. The summed E-state index contributed by atoms with van der Waals surface area (Å²) in [7, 11) is 0. The molecule has 36 heavy (non-hydrogen) atoms. The van der Waals surface area contributed by atoms with Gasteiger partial charge in [0.15, 0.2) is 0 Å². The third-order valence-electron chi connectivity index (χ3n) is 5.58. The van der Waals surface area contributed by atoms with Gasteiger partial charge in [0.2, 0.25) is 0 Å². The molecular formula is C26H22Na2O8. The van der Waals surface area contributed by atoms with Crippen LogP contribution in [0.15, 0.2) is 48.5 Å². The molecule has 0 aliphatic carbocycles. The molecule has 0 saturated carbocycles. The Morgan fingerprint density at radius 3 is 1.31 bits per heavy atom. The first-order valence-electron chi connectivity index (χ1n) is 10.5. The molecule has 8 nitrogen and oxygen atoms in total. The van der Waals surface area contributed by atoms with E-state index in [1.54, 1.807) is 12.1 Å². The number of hydrogen-bond donors (Lipinski definition) is 4. The van der Waals surface area contributed by atoms with Crippen LogP contribution >= 0.6 is 0 Å². The van der Waals surface area contributed by atoms with E-state index in [1.807, 2.05) is 26.0 Å².